The zero-order valence-electron chi connectivity index (χ0n) is 10.0. The third-order valence-electron chi connectivity index (χ3n) is 2.88. The third kappa shape index (κ3) is 1.76. The van der Waals surface area contributed by atoms with Crippen molar-refractivity contribution in [1.29, 1.82) is 0 Å². The zero-order chi connectivity index (χ0) is 12.5. The number of aromatic nitrogens is 3. The van der Waals surface area contributed by atoms with Gasteiger partial charge in [-0.25, -0.2) is 9.97 Å². The molecule has 0 fully saturated rings. The van der Waals surface area contributed by atoms with Gasteiger partial charge in [-0.1, -0.05) is 12.1 Å². The van der Waals surface area contributed by atoms with E-state index in [4.69, 9.17) is 0 Å². The number of hydrogen-bond acceptors (Lipinski definition) is 3. The molecular weight excluding hydrogens is 226 g/mol. The Morgan fingerprint density at radius 2 is 2.06 bits per heavy atom. The first-order chi connectivity index (χ1) is 8.78. The van der Waals surface area contributed by atoms with Crippen molar-refractivity contribution in [3.8, 4) is 5.82 Å². The fraction of sp³-hybridized carbons (Fsp3) is 0.143. The van der Waals surface area contributed by atoms with Gasteiger partial charge >= 0.3 is 0 Å². The van der Waals surface area contributed by atoms with Gasteiger partial charge in [0.15, 0.2) is 0 Å². The Morgan fingerprint density at radius 3 is 2.89 bits per heavy atom. The summed E-state index contributed by atoms with van der Waals surface area (Å²) in [5.41, 5.74) is 3.69. The van der Waals surface area contributed by atoms with Gasteiger partial charge in [0.05, 0.1) is 17.6 Å². The molecule has 0 amide bonds. The molecule has 0 unspecified atom stereocenters. The molecule has 0 atom stereocenters. The van der Waals surface area contributed by atoms with Crippen molar-refractivity contribution in [3.63, 3.8) is 0 Å². The van der Waals surface area contributed by atoms with Gasteiger partial charge in [-0.2, -0.15) is 0 Å². The maximum absolute atomic E-state index is 9.24. The molecule has 0 saturated heterocycles. The zero-order valence-corrected chi connectivity index (χ0v) is 10.0. The summed E-state index contributed by atoms with van der Waals surface area (Å²) in [7, 11) is 0. The molecule has 1 aromatic carbocycles. The van der Waals surface area contributed by atoms with E-state index in [0.29, 0.717) is 0 Å². The number of para-hydroxylation sites is 2. The van der Waals surface area contributed by atoms with Crippen LogP contribution < -0.4 is 0 Å². The highest BCUT2D eigenvalue weighted by Crippen LogP contribution is 2.17. The van der Waals surface area contributed by atoms with Crippen LogP contribution in [0.3, 0.4) is 0 Å². The van der Waals surface area contributed by atoms with Crippen LogP contribution in [-0.4, -0.2) is 19.6 Å². The first kappa shape index (κ1) is 10.9. The lowest BCUT2D eigenvalue weighted by Gasteiger charge is -2.06. The van der Waals surface area contributed by atoms with E-state index in [1.54, 1.807) is 6.33 Å². The van der Waals surface area contributed by atoms with Crippen LogP contribution in [0.15, 0.2) is 42.7 Å². The molecule has 0 spiro atoms. The summed E-state index contributed by atoms with van der Waals surface area (Å²) in [5.74, 6) is 0.785. The lowest BCUT2D eigenvalue weighted by molar-refractivity contribution is 0.281. The number of fused-ring (bicyclic) bond motifs is 1. The SMILES string of the molecule is Cc1cc(CO)cc(-n2cnc3ccccc32)n1. The first-order valence-corrected chi connectivity index (χ1v) is 5.79. The minimum atomic E-state index is 0.0169. The predicted octanol–water partition coefficient (Wildman–Crippen LogP) is 2.22. The molecule has 0 radical (unpaired) electrons. The molecule has 0 saturated carbocycles. The summed E-state index contributed by atoms with van der Waals surface area (Å²) in [6, 6.07) is 11.7. The van der Waals surface area contributed by atoms with Gasteiger partial charge in [-0.15, -0.1) is 0 Å². The lowest BCUT2D eigenvalue weighted by atomic mass is 10.2. The highest BCUT2D eigenvalue weighted by molar-refractivity contribution is 5.76. The first-order valence-electron chi connectivity index (χ1n) is 5.79. The maximum atomic E-state index is 9.24. The average Bonchev–Trinajstić information content (AvgIpc) is 2.81. The summed E-state index contributed by atoms with van der Waals surface area (Å²) in [4.78, 5) is 8.83. The number of aliphatic hydroxyl groups excluding tert-OH is 1. The van der Waals surface area contributed by atoms with E-state index in [1.165, 1.54) is 0 Å². The molecule has 3 aromatic rings. The lowest BCUT2D eigenvalue weighted by Crippen LogP contribution is -1.99. The van der Waals surface area contributed by atoms with Crippen LogP contribution in [0.25, 0.3) is 16.9 Å². The summed E-state index contributed by atoms with van der Waals surface area (Å²) >= 11 is 0. The largest absolute Gasteiger partial charge is 0.392 e. The molecule has 2 aromatic heterocycles. The number of nitrogens with zero attached hydrogens (tertiary/aromatic N) is 3. The van der Waals surface area contributed by atoms with E-state index in [-0.39, 0.29) is 6.61 Å². The molecule has 0 aliphatic heterocycles. The minimum Gasteiger partial charge on any atom is -0.392 e. The van der Waals surface area contributed by atoms with Gasteiger partial charge in [0.2, 0.25) is 0 Å². The number of rotatable bonds is 2. The summed E-state index contributed by atoms with van der Waals surface area (Å²) < 4.78 is 1.93. The number of aryl methyl sites for hydroxylation is 1. The highest BCUT2D eigenvalue weighted by atomic mass is 16.3. The quantitative estimate of drug-likeness (QED) is 0.746. The second kappa shape index (κ2) is 4.23. The second-order valence-corrected chi connectivity index (χ2v) is 4.24. The predicted molar refractivity (Wildman–Crippen MR) is 69.5 cm³/mol. The normalized spacial score (nSPS) is 11.0. The summed E-state index contributed by atoms with van der Waals surface area (Å²) in [6.45, 7) is 1.94. The van der Waals surface area contributed by atoms with Gasteiger partial charge in [0.25, 0.3) is 0 Å². The highest BCUT2D eigenvalue weighted by Gasteiger charge is 2.06. The molecular formula is C14H13N3O. The van der Waals surface area contributed by atoms with Crippen LogP contribution in [0.5, 0.6) is 0 Å². The number of pyridine rings is 1. The standard InChI is InChI=1S/C14H13N3O/c1-10-6-11(8-18)7-14(16-10)17-9-15-12-4-2-3-5-13(12)17/h2-7,9,18H,8H2,1H3. The molecule has 18 heavy (non-hydrogen) atoms. The molecule has 0 aliphatic rings. The van der Waals surface area contributed by atoms with Crippen LogP contribution in [0, 0.1) is 6.92 Å². The van der Waals surface area contributed by atoms with E-state index in [1.807, 2.05) is 47.9 Å². The van der Waals surface area contributed by atoms with Gasteiger partial charge in [0, 0.05) is 5.69 Å². The molecule has 1 N–H and O–H groups in total. The molecule has 0 aliphatic carbocycles. The van der Waals surface area contributed by atoms with Crippen molar-refractivity contribution in [2.45, 2.75) is 13.5 Å². The van der Waals surface area contributed by atoms with Gasteiger partial charge < -0.3 is 5.11 Å². The van der Waals surface area contributed by atoms with Crippen LogP contribution in [-0.2, 0) is 6.61 Å². The Morgan fingerprint density at radius 1 is 1.22 bits per heavy atom. The third-order valence-corrected chi connectivity index (χ3v) is 2.88. The Labute approximate surface area is 105 Å². The minimum absolute atomic E-state index is 0.0169. The van der Waals surface area contributed by atoms with Crippen LogP contribution >= 0.6 is 0 Å². The average molecular weight is 239 g/mol. The maximum Gasteiger partial charge on any atom is 0.138 e. The summed E-state index contributed by atoms with van der Waals surface area (Å²) in [5, 5.41) is 9.24. The molecule has 4 nitrogen and oxygen atoms in total. The Balaban J connectivity index is 2.22. The molecule has 4 heteroatoms. The van der Waals surface area contributed by atoms with Gasteiger partial charge in [-0.3, -0.25) is 4.57 Å². The van der Waals surface area contributed by atoms with Crippen molar-refractivity contribution in [2.24, 2.45) is 0 Å². The number of hydrogen-bond donors (Lipinski definition) is 1. The van der Waals surface area contributed by atoms with E-state index in [2.05, 4.69) is 9.97 Å². The number of benzene rings is 1. The molecule has 3 rings (SSSR count). The van der Waals surface area contributed by atoms with Crippen LogP contribution in [0.4, 0.5) is 0 Å². The Hall–Kier alpha value is -2.20. The van der Waals surface area contributed by atoms with E-state index < -0.39 is 0 Å². The number of aliphatic hydroxyl groups is 1. The molecule has 90 valence electrons. The molecule has 0 bridgehead atoms. The van der Waals surface area contributed by atoms with Crippen molar-refractivity contribution >= 4 is 11.0 Å². The fourth-order valence-corrected chi connectivity index (χ4v) is 2.08. The van der Waals surface area contributed by atoms with E-state index in [9.17, 15) is 5.11 Å². The Bertz CT molecular complexity index is 703. The van der Waals surface area contributed by atoms with Crippen LogP contribution in [0.1, 0.15) is 11.3 Å². The van der Waals surface area contributed by atoms with Gasteiger partial charge in [-0.05, 0) is 36.8 Å². The van der Waals surface area contributed by atoms with E-state index in [0.717, 1.165) is 28.1 Å². The number of imidazole rings is 1. The van der Waals surface area contributed by atoms with Crippen molar-refractivity contribution in [2.75, 3.05) is 0 Å². The van der Waals surface area contributed by atoms with Crippen molar-refractivity contribution in [3.05, 3.63) is 54.0 Å². The Kier molecular flexibility index (Phi) is 2.57. The van der Waals surface area contributed by atoms with Crippen molar-refractivity contribution in [1.82, 2.24) is 14.5 Å². The van der Waals surface area contributed by atoms with Gasteiger partial charge in [0.1, 0.15) is 12.1 Å². The fourth-order valence-electron chi connectivity index (χ4n) is 2.08. The van der Waals surface area contributed by atoms with E-state index >= 15 is 0 Å². The summed E-state index contributed by atoms with van der Waals surface area (Å²) in [6.07, 6.45) is 1.76. The second-order valence-electron chi connectivity index (χ2n) is 4.24. The van der Waals surface area contributed by atoms with Crippen LogP contribution in [0.2, 0.25) is 0 Å². The smallest absolute Gasteiger partial charge is 0.138 e. The topological polar surface area (TPSA) is 50.9 Å². The molecule has 2 heterocycles. The monoisotopic (exact) mass is 239 g/mol. The van der Waals surface area contributed by atoms with Crippen molar-refractivity contribution < 1.29 is 5.11 Å².